The number of carbonyl (C=O) groups is 1. The first-order valence-corrected chi connectivity index (χ1v) is 17.2. The summed E-state index contributed by atoms with van der Waals surface area (Å²) in [7, 11) is 0. The van der Waals surface area contributed by atoms with Gasteiger partial charge in [-0.25, -0.2) is 4.98 Å². The van der Waals surface area contributed by atoms with Crippen LogP contribution in [0.25, 0.3) is 17.1 Å². The maximum Gasteiger partial charge on any atom is 0.273 e. The number of nitrogens with zero attached hydrogens (tertiary/aromatic N) is 7. The van der Waals surface area contributed by atoms with Gasteiger partial charge >= 0.3 is 0 Å². The van der Waals surface area contributed by atoms with E-state index in [1.165, 1.54) is 34.2 Å². The van der Waals surface area contributed by atoms with Gasteiger partial charge in [0.15, 0.2) is 11.0 Å². The van der Waals surface area contributed by atoms with Crippen LogP contribution in [0, 0.1) is 0 Å². The van der Waals surface area contributed by atoms with E-state index in [1.807, 2.05) is 63.4 Å². The Labute approximate surface area is 280 Å². The van der Waals surface area contributed by atoms with Crippen molar-refractivity contribution < 1.29 is 4.79 Å². The van der Waals surface area contributed by atoms with Gasteiger partial charge in [0.2, 0.25) is 0 Å². The average Bonchev–Trinajstić information content (AvgIpc) is 3.77. The first kappa shape index (κ1) is 30.3. The second-order valence-corrected chi connectivity index (χ2v) is 13.1. The molecule has 0 atom stereocenters. The molecule has 4 heterocycles. The highest BCUT2D eigenvalue weighted by Gasteiger charge is 2.29. The summed E-state index contributed by atoms with van der Waals surface area (Å²) in [5.74, 6) is 1.23. The van der Waals surface area contributed by atoms with Gasteiger partial charge in [0, 0.05) is 54.5 Å². The molecule has 1 aliphatic heterocycles. The highest BCUT2D eigenvalue weighted by molar-refractivity contribution is 7.98. The summed E-state index contributed by atoms with van der Waals surface area (Å²) in [6.45, 7) is 2.87. The second-order valence-electron chi connectivity index (χ2n) is 10.8. The Morgan fingerprint density at radius 3 is 2.22 bits per heavy atom. The third-order valence-corrected chi connectivity index (χ3v) is 10.1. The summed E-state index contributed by atoms with van der Waals surface area (Å²) in [6, 6.07) is 32.7. The van der Waals surface area contributed by atoms with Crippen LogP contribution in [-0.4, -0.2) is 66.6 Å². The Balaban J connectivity index is 1.03. The SMILES string of the molecule is O=C(c1csc(CSc2nnc(-c3ccncc3)n2-c2cccc(Cl)c2)n1)N1CCN(C(c2ccccc2)c2ccccc2)CC1. The van der Waals surface area contributed by atoms with Crippen molar-refractivity contribution in [3.63, 3.8) is 0 Å². The van der Waals surface area contributed by atoms with Crippen molar-refractivity contribution in [2.45, 2.75) is 17.0 Å². The summed E-state index contributed by atoms with van der Waals surface area (Å²) >= 11 is 9.36. The van der Waals surface area contributed by atoms with E-state index in [9.17, 15) is 4.79 Å². The lowest BCUT2D eigenvalue weighted by Gasteiger charge is -2.39. The number of thioether (sulfide) groups is 1. The number of piperazine rings is 1. The van der Waals surface area contributed by atoms with Crippen molar-refractivity contribution in [1.29, 1.82) is 0 Å². The normalized spacial score (nSPS) is 13.7. The summed E-state index contributed by atoms with van der Waals surface area (Å²) in [5.41, 5.74) is 4.77. The van der Waals surface area contributed by atoms with E-state index in [2.05, 4.69) is 68.6 Å². The lowest BCUT2D eigenvalue weighted by molar-refractivity contribution is 0.0592. The lowest BCUT2D eigenvalue weighted by Crippen LogP contribution is -2.50. The summed E-state index contributed by atoms with van der Waals surface area (Å²) in [6.07, 6.45) is 3.47. The molecule has 0 N–H and O–H groups in total. The van der Waals surface area contributed by atoms with Crippen molar-refractivity contribution >= 4 is 40.6 Å². The standard InChI is InChI=1S/C35H30ClN7OS2/c36-28-12-7-13-29(22-28)43-33(27-14-16-37-17-15-27)39-40-35(43)46-24-31-38-30(23-45-31)34(44)42-20-18-41(19-21-42)32(25-8-3-1-4-9-25)26-10-5-2-6-11-26/h1-17,22-23,32H,18-21,24H2. The van der Waals surface area contributed by atoms with Gasteiger partial charge in [-0.05, 0) is 41.5 Å². The maximum absolute atomic E-state index is 13.5. The number of benzene rings is 3. The van der Waals surface area contributed by atoms with Gasteiger partial charge in [-0.1, -0.05) is 90.1 Å². The van der Waals surface area contributed by atoms with E-state index >= 15 is 0 Å². The minimum absolute atomic E-state index is 0.0230. The zero-order chi connectivity index (χ0) is 31.3. The average molecular weight is 664 g/mol. The molecule has 8 nitrogen and oxygen atoms in total. The van der Waals surface area contributed by atoms with Gasteiger partial charge in [-0.2, -0.15) is 0 Å². The Kier molecular flexibility index (Phi) is 9.20. The molecule has 0 saturated carbocycles. The molecule has 3 aromatic carbocycles. The van der Waals surface area contributed by atoms with Crippen molar-refractivity contribution in [2.24, 2.45) is 0 Å². The number of rotatable bonds is 9. The van der Waals surface area contributed by atoms with Crippen LogP contribution in [-0.2, 0) is 5.75 Å². The van der Waals surface area contributed by atoms with Crippen LogP contribution in [0.1, 0.15) is 32.7 Å². The van der Waals surface area contributed by atoms with E-state index in [-0.39, 0.29) is 11.9 Å². The van der Waals surface area contributed by atoms with Crippen LogP contribution in [0.5, 0.6) is 0 Å². The zero-order valence-electron chi connectivity index (χ0n) is 24.8. The Bertz CT molecular complexity index is 1870. The Hall–Kier alpha value is -4.35. The number of aromatic nitrogens is 5. The molecule has 1 fully saturated rings. The molecule has 11 heteroatoms. The zero-order valence-corrected chi connectivity index (χ0v) is 27.2. The highest BCUT2D eigenvalue weighted by Crippen LogP contribution is 2.32. The Morgan fingerprint density at radius 1 is 0.848 bits per heavy atom. The van der Waals surface area contributed by atoms with Gasteiger partial charge in [0.05, 0.1) is 17.5 Å². The fraction of sp³-hybridized carbons (Fsp3) is 0.171. The summed E-state index contributed by atoms with van der Waals surface area (Å²) in [5, 5.41) is 13.1. The molecule has 0 unspecified atom stereocenters. The fourth-order valence-electron chi connectivity index (χ4n) is 5.73. The smallest absolute Gasteiger partial charge is 0.273 e. The van der Waals surface area contributed by atoms with Gasteiger partial charge in [-0.15, -0.1) is 21.5 Å². The quantitative estimate of drug-likeness (QED) is 0.150. The molecule has 1 amide bonds. The van der Waals surface area contributed by atoms with Crippen LogP contribution < -0.4 is 0 Å². The Morgan fingerprint density at radius 2 is 1.54 bits per heavy atom. The van der Waals surface area contributed by atoms with Gasteiger partial charge in [0.1, 0.15) is 10.7 Å². The fourth-order valence-corrected chi connectivity index (χ4v) is 7.65. The number of hydrogen-bond acceptors (Lipinski definition) is 8. The second kappa shape index (κ2) is 14.0. The molecule has 3 aromatic heterocycles. The predicted molar refractivity (Wildman–Crippen MR) is 183 cm³/mol. The summed E-state index contributed by atoms with van der Waals surface area (Å²) < 4.78 is 1.99. The topological polar surface area (TPSA) is 80.0 Å². The molecule has 0 radical (unpaired) electrons. The molecule has 7 rings (SSSR count). The van der Waals surface area contributed by atoms with Crippen LogP contribution in [0.4, 0.5) is 0 Å². The molecule has 0 spiro atoms. The van der Waals surface area contributed by atoms with E-state index < -0.39 is 0 Å². The minimum atomic E-state index is -0.0230. The summed E-state index contributed by atoms with van der Waals surface area (Å²) in [4.78, 5) is 26.8. The van der Waals surface area contributed by atoms with Crippen molar-refractivity contribution in [2.75, 3.05) is 26.2 Å². The number of thiazole rings is 1. The molecular weight excluding hydrogens is 634 g/mol. The molecule has 0 aliphatic carbocycles. The molecule has 1 aliphatic rings. The van der Waals surface area contributed by atoms with Crippen molar-refractivity contribution in [3.05, 3.63) is 142 Å². The number of carbonyl (C=O) groups excluding carboxylic acids is 1. The third kappa shape index (κ3) is 6.61. The number of amides is 1. The molecule has 0 bridgehead atoms. The predicted octanol–water partition coefficient (Wildman–Crippen LogP) is 7.28. The maximum atomic E-state index is 13.5. The van der Waals surface area contributed by atoms with Crippen molar-refractivity contribution in [1.82, 2.24) is 34.5 Å². The first-order valence-electron chi connectivity index (χ1n) is 15.0. The molecule has 1 saturated heterocycles. The van der Waals surface area contributed by atoms with Gasteiger partial charge < -0.3 is 4.90 Å². The van der Waals surface area contributed by atoms with E-state index in [1.54, 1.807) is 12.4 Å². The molecule has 46 heavy (non-hydrogen) atoms. The van der Waals surface area contributed by atoms with E-state index in [0.29, 0.717) is 40.5 Å². The van der Waals surface area contributed by atoms with Gasteiger partial charge in [-0.3, -0.25) is 19.2 Å². The van der Waals surface area contributed by atoms with Crippen molar-refractivity contribution in [3.8, 4) is 17.1 Å². The third-order valence-electron chi connectivity index (χ3n) is 7.93. The van der Waals surface area contributed by atoms with E-state index in [0.717, 1.165) is 29.3 Å². The van der Waals surface area contributed by atoms with E-state index in [4.69, 9.17) is 16.6 Å². The first-order chi connectivity index (χ1) is 22.6. The molecule has 230 valence electrons. The molecule has 6 aromatic rings. The minimum Gasteiger partial charge on any atom is -0.335 e. The van der Waals surface area contributed by atoms with Crippen LogP contribution in [0.15, 0.2) is 120 Å². The number of pyridine rings is 1. The highest BCUT2D eigenvalue weighted by atomic mass is 35.5. The largest absolute Gasteiger partial charge is 0.335 e. The van der Waals surface area contributed by atoms with Crippen LogP contribution in [0.3, 0.4) is 0 Å². The van der Waals surface area contributed by atoms with Gasteiger partial charge in [0.25, 0.3) is 5.91 Å². The monoisotopic (exact) mass is 663 g/mol. The van der Waals surface area contributed by atoms with Crippen LogP contribution in [0.2, 0.25) is 5.02 Å². The number of halogens is 1. The molecular formula is C35H30ClN7OS2. The lowest BCUT2D eigenvalue weighted by atomic mass is 9.96. The van der Waals surface area contributed by atoms with Crippen LogP contribution >= 0.6 is 34.7 Å². The number of hydrogen-bond donors (Lipinski definition) is 0.